The van der Waals surface area contributed by atoms with Gasteiger partial charge in [0.1, 0.15) is 30.0 Å². The van der Waals surface area contributed by atoms with Crippen LogP contribution in [0.1, 0.15) is 29.8 Å². The van der Waals surface area contributed by atoms with E-state index in [-0.39, 0.29) is 37.1 Å². The number of ether oxygens (including phenoxy) is 1. The van der Waals surface area contributed by atoms with Crippen molar-refractivity contribution >= 4 is 35.5 Å². The number of anilines is 1. The molecule has 0 aromatic heterocycles. The smallest absolute Gasteiger partial charge is 0.343 e. The van der Waals surface area contributed by atoms with Crippen molar-refractivity contribution in [1.82, 2.24) is 20.4 Å². The van der Waals surface area contributed by atoms with Gasteiger partial charge < -0.3 is 26.0 Å². The van der Waals surface area contributed by atoms with Crippen molar-refractivity contribution in [3.63, 3.8) is 0 Å². The van der Waals surface area contributed by atoms with E-state index in [4.69, 9.17) is 16.2 Å². The first-order valence-corrected chi connectivity index (χ1v) is 14.3. The Morgan fingerprint density at radius 2 is 1.91 bits per heavy atom. The van der Waals surface area contributed by atoms with E-state index in [1.807, 2.05) is 26.0 Å². The van der Waals surface area contributed by atoms with Crippen LogP contribution in [-0.2, 0) is 11.2 Å². The number of urea groups is 1. The Labute approximate surface area is 252 Å². The SMILES string of the molecule is CC1(C)Cc2cccc(C(=O)NC3CN4C(N)=N[C@@H](CN5C(=O)CN(c6ccccc6)C5=O)[C@@H]5[NH+]=C(N)N[C@@]54C3(O)O)c2O1. The number of aliphatic imine (C=N–C) groups is 1. The predicted molar refractivity (Wildman–Crippen MR) is 156 cm³/mol. The zero-order valence-electron chi connectivity index (χ0n) is 24.2. The highest BCUT2D eigenvalue weighted by molar-refractivity contribution is 6.12. The Morgan fingerprint density at radius 1 is 1.16 bits per heavy atom. The molecular formula is C29H34N9O6+. The maximum absolute atomic E-state index is 13.6. The first-order chi connectivity index (χ1) is 20.8. The van der Waals surface area contributed by atoms with Crippen molar-refractivity contribution in [2.45, 2.75) is 55.4 Å². The van der Waals surface area contributed by atoms with E-state index in [1.54, 1.807) is 36.4 Å². The predicted octanol–water partition coefficient (Wildman–Crippen LogP) is -3.28. The molecule has 44 heavy (non-hydrogen) atoms. The van der Waals surface area contributed by atoms with Gasteiger partial charge in [0.25, 0.3) is 17.5 Å². The summed E-state index contributed by atoms with van der Waals surface area (Å²) in [7, 11) is 0. The molecule has 7 rings (SSSR count). The van der Waals surface area contributed by atoms with Crippen molar-refractivity contribution in [3.05, 3.63) is 59.7 Å². The minimum absolute atomic E-state index is 0.0100. The maximum atomic E-state index is 13.6. The molecule has 2 saturated heterocycles. The number of imide groups is 1. The van der Waals surface area contributed by atoms with Crippen LogP contribution in [0, 0.1) is 0 Å². The van der Waals surface area contributed by atoms with Gasteiger partial charge in [0.15, 0.2) is 12.0 Å². The van der Waals surface area contributed by atoms with Gasteiger partial charge in [0.05, 0.1) is 18.7 Å². The van der Waals surface area contributed by atoms with Crippen LogP contribution in [0.25, 0.3) is 0 Å². The molecule has 5 aliphatic heterocycles. The number of benzene rings is 2. The number of fused-ring (bicyclic) bond motifs is 1. The number of guanidine groups is 2. The number of nitrogens with zero attached hydrogens (tertiary/aromatic N) is 4. The molecule has 0 radical (unpaired) electrons. The molecule has 9 N–H and O–H groups in total. The first kappa shape index (κ1) is 27.9. The second kappa shape index (κ2) is 9.30. The second-order valence-electron chi connectivity index (χ2n) is 12.4. The third kappa shape index (κ3) is 3.92. The molecule has 0 saturated carbocycles. The van der Waals surface area contributed by atoms with E-state index in [0.717, 1.165) is 10.5 Å². The van der Waals surface area contributed by atoms with Gasteiger partial charge in [0.2, 0.25) is 5.79 Å². The molecule has 1 spiro atoms. The lowest BCUT2D eigenvalue weighted by Crippen LogP contribution is -2.90. The van der Waals surface area contributed by atoms with E-state index in [0.29, 0.717) is 17.9 Å². The first-order valence-electron chi connectivity index (χ1n) is 14.3. The van der Waals surface area contributed by atoms with Gasteiger partial charge in [-0.15, -0.1) is 0 Å². The van der Waals surface area contributed by atoms with Crippen molar-refractivity contribution in [2.75, 3.05) is 24.5 Å². The third-order valence-corrected chi connectivity index (χ3v) is 9.02. The topological polar surface area (TPSA) is 213 Å². The van der Waals surface area contributed by atoms with E-state index >= 15 is 0 Å². The molecule has 4 amide bonds. The molecule has 2 aromatic carbocycles. The molecule has 2 aromatic rings. The molecule has 2 fully saturated rings. The fraction of sp³-hybridized carbons (Fsp3) is 0.414. The van der Waals surface area contributed by atoms with Crippen LogP contribution in [-0.4, -0.2) is 105 Å². The van der Waals surface area contributed by atoms with Gasteiger partial charge >= 0.3 is 12.0 Å². The fourth-order valence-electron chi connectivity index (χ4n) is 7.07. The Bertz CT molecular complexity index is 1640. The molecule has 1 unspecified atom stereocenters. The average molecular weight is 605 g/mol. The molecule has 4 atom stereocenters. The van der Waals surface area contributed by atoms with E-state index < -0.39 is 53.0 Å². The summed E-state index contributed by atoms with van der Waals surface area (Å²) in [5.41, 5.74) is 12.0. The number of amides is 4. The van der Waals surface area contributed by atoms with Crippen molar-refractivity contribution in [1.29, 1.82) is 0 Å². The van der Waals surface area contributed by atoms with E-state index in [9.17, 15) is 24.6 Å². The number of nitrogens with one attached hydrogen (secondary N) is 3. The number of rotatable bonds is 5. The van der Waals surface area contributed by atoms with Crippen LogP contribution >= 0.6 is 0 Å². The highest BCUT2D eigenvalue weighted by Crippen LogP contribution is 2.42. The Balaban J connectivity index is 1.16. The molecule has 230 valence electrons. The van der Waals surface area contributed by atoms with Gasteiger partial charge in [-0.25, -0.2) is 15.1 Å². The van der Waals surface area contributed by atoms with Crippen LogP contribution in [0.2, 0.25) is 0 Å². The monoisotopic (exact) mass is 604 g/mol. The number of carbonyl (C=O) groups is 3. The Hall–Kier alpha value is -4.89. The minimum atomic E-state index is -2.66. The van der Waals surface area contributed by atoms with E-state index in [1.165, 1.54) is 9.80 Å². The standard InChI is InChI=1S/C29H33N9O6/c1-27(2)11-15-7-6-10-17(21(15)44-27)23(40)33-19-13-38-25(31)32-18(22-28(38,29(19,42)43)35-24(30)34-22)12-37-20(39)14-36(26(37)41)16-8-4-3-5-9-16/h3-10,18-19,22,42-43H,11-14H2,1-2H3,(H2,31,32)(H,33,40)(H3,30,34,35)/p+1/t18-,19?,22-,28-/m0/s1. The van der Waals surface area contributed by atoms with Crippen molar-refractivity contribution in [3.8, 4) is 5.75 Å². The average Bonchev–Trinajstić information content (AvgIpc) is 3.65. The molecule has 0 bridgehead atoms. The number of hydrogen-bond donors (Lipinski definition) is 7. The number of para-hydroxylation sites is 2. The summed E-state index contributed by atoms with van der Waals surface area (Å²) in [6, 6.07) is 10.4. The number of hydrogen-bond acceptors (Lipinski definition) is 11. The van der Waals surface area contributed by atoms with Crippen LogP contribution < -0.4 is 36.7 Å². The van der Waals surface area contributed by atoms with Crippen LogP contribution in [0.3, 0.4) is 0 Å². The number of nitrogens with two attached hydrogens (primary N) is 2. The summed E-state index contributed by atoms with van der Waals surface area (Å²) in [5.74, 6) is -3.28. The lowest BCUT2D eigenvalue weighted by Gasteiger charge is -2.46. The highest BCUT2D eigenvalue weighted by Gasteiger charge is 2.76. The van der Waals surface area contributed by atoms with Gasteiger partial charge in [0, 0.05) is 12.1 Å². The van der Waals surface area contributed by atoms with Crippen molar-refractivity contribution < 1.29 is 34.3 Å². The van der Waals surface area contributed by atoms with Crippen molar-refractivity contribution in [2.24, 2.45) is 16.5 Å². The lowest BCUT2D eigenvalue weighted by molar-refractivity contribution is -0.521. The maximum Gasteiger partial charge on any atom is 0.343 e. The lowest BCUT2D eigenvalue weighted by atomic mass is 9.84. The van der Waals surface area contributed by atoms with Crippen LogP contribution in [0.4, 0.5) is 10.5 Å². The zero-order valence-corrected chi connectivity index (χ0v) is 24.2. The Morgan fingerprint density at radius 3 is 2.66 bits per heavy atom. The molecule has 15 nitrogen and oxygen atoms in total. The fourth-order valence-corrected chi connectivity index (χ4v) is 7.07. The van der Waals surface area contributed by atoms with Gasteiger partial charge in [-0.1, -0.05) is 30.3 Å². The van der Waals surface area contributed by atoms with E-state index in [2.05, 4.69) is 20.6 Å². The second-order valence-corrected chi connectivity index (χ2v) is 12.4. The van der Waals surface area contributed by atoms with Crippen LogP contribution in [0.5, 0.6) is 5.75 Å². The normalized spacial score (nSPS) is 29.4. The summed E-state index contributed by atoms with van der Waals surface area (Å²) in [6.45, 7) is 3.36. The summed E-state index contributed by atoms with van der Waals surface area (Å²) < 4.78 is 6.05. The Kier molecular flexibility index (Phi) is 5.90. The quantitative estimate of drug-likeness (QED) is 0.134. The van der Waals surface area contributed by atoms with Gasteiger partial charge in [-0.3, -0.25) is 35.0 Å². The third-order valence-electron chi connectivity index (χ3n) is 9.02. The largest absolute Gasteiger partial charge is 0.486 e. The van der Waals surface area contributed by atoms with Gasteiger partial charge in [-0.05, 0) is 37.6 Å². The summed E-state index contributed by atoms with van der Waals surface area (Å²) >= 11 is 0. The molecule has 5 heterocycles. The van der Waals surface area contributed by atoms with Gasteiger partial charge in [-0.2, -0.15) is 0 Å². The summed E-state index contributed by atoms with van der Waals surface area (Å²) in [6.07, 6.45) is 0.625. The minimum Gasteiger partial charge on any atom is -0.486 e. The molecule has 0 aliphatic carbocycles. The highest BCUT2D eigenvalue weighted by atomic mass is 16.5. The number of carbonyl (C=O) groups excluding carboxylic acids is 3. The van der Waals surface area contributed by atoms with Crippen LogP contribution in [0.15, 0.2) is 53.5 Å². The molecular weight excluding hydrogens is 570 g/mol. The molecule has 5 aliphatic rings. The summed E-state index contributed by atoms with van der Waals surface area (Å²) in [5, 5.41) is 29.3. The zero-order chi connectivity index (χ0) is 31.2. The molecule has 15 heteroatoms. The number of aliphatic hydroxyl groups is 2. The summed E-state index contributed by atoms with van der Waals surface area (Å²) in [4.78, 5) is 51.3.